The van der Waals surface area contributed by atoms with Crippen LogP contribution in [0.25, 0.3) is 22.4 Å². The van der Waals surface area contributed by atoms with E-state index in [0.717, 1.165) is 18.2 Å². The van der Waals surface area contributed by atoms with Crippen molar-refractivity contribution in [3.8, 4) is 22.4 Å². The Kier molecular flexibility index (Phi) is 4.79. The molecule has 3 aromatic rings. The molecule has 2 N–H and O–H groups in total. The summed E-state index contributed by atoms with van der Waals surface area (Å²) >= 11 is 12.1. The second-order valence-electron chi connectivity index (χ2n) is 5.24. The Balaban J connectivity index is 2.27. The lowest BCUT2D eigenvalue weighted by Gasteiger charge is -2.11. The van der Waals surface area contributed by atoms with Crippen LogP contribution in [0.2, 0.25) is 10.0 Å². The average Bonchev–Trinajstić information content (AvgIpc) is 2.53. The minimum atomic E-state index is -3.98. The van der Waals surface area contributed by atoms with Crippen molar-refractivity contribution in [1.82, 2.24) is 4.98 Å². The minimum absolute atomic E-state index is 0.0122. The van der Waals surface area contributed by atoms with Gasteiger partial charge in [-0.05, 0) is 48.0 Å². The Hall–Kier alpha value is -1.99. The number of hydrogen-bond donors (Lipinski definition) is 1. The van der Waals surface area contributed by atoms with Crippen LogP contribution in [0.5, 0.6) is 0 Å². The first kappa shape index (κ1) is 17.8. The summed E-state index contributed by atoms with van der Waals surface area (Å²) in [5.74, 6) is -0.625. The molecule has 4 nitrogen and oxygen atoms in total. The first-order valence-corrected chi connectivity index (χ1v) is 9.30. The van der Waals surface area contributed by atoms with Gasteiger partial charge in [0.05, 0.1) is 10.6 Å². The Morgan fingerprint density at radius 1 is 0.960 bits per heavy atom. The molecule has 25 heavy (non-hydrogen) atoms. The lowest BCUT2D eigenvalue weighted by atomic mass is 9.99. The Morgan fingerprint density at radius 3 is 2.28 bits per heavy atom. The van der Waals surface area contributed by atoms with Crippen molar-refractivity contribution in [2.24, 2.45) is 5.14 Å². The van der Waals surface area contributed by atoms with Crippen LogP contribution in [-0.4, -0.2) is 13.4 Å². The molecule has 8 heteroatoms. The molecule has 1 heterocycles. The Morgan fingerprint density at radius 2 is 1.64 bits per heavy atom. The molecule has 0 spiro atoms. The second-order valence-corrected chi connectivity index (χ2v) is 7.68. The third kappa shape index (κ3) is 3.82. The smallest absolute Gasteiger partial charge is 0.238 e. The van der Waals surface area contributed by atoms with E-state index in [4.69, 9.17) is 28.3 Å². The van der Waals surface area contributed by atoms with Gasteiger partial charge in [-0.1, -0.05) is 29.3 Å². The van der Waals surface area contributed by atoms with E-state index in [1.807, 2.05) is 0 Å². The van der Waals surface area contributed by atoms with Crippen LogP contribution in [-0.2, 0) is 10.0 Å². The number of halogens is 3. The zero-order chi connectivity index (χ0) is 18.2. The number of benzene rings is 2. The molecule has 0 saturated carbocycles. The third-order valence-corrected chi connectivity index (χ3v) is 4.85. The van der Waals surface area contributed by atoms with Crippen LogP contribution in [0.3, 0.4) is 0 Å². The molecular formula is C17H11Cl2FN2O2S. The van der Waals surface area contributed by atoms with Crippen molar-refractivity contribution >= 4 is 33.2 Å². The van der Waals surface area contributed by atoms with Crippen LogP contribution in [0.1, 0.15) is 0 Å². The summed E-state index contributed by atoms with van der Waals surface area (Å²) in [4.78, 5) is 4.00. The highest BCUT2D eigenvalue weighted by Gasteiger charge is 2.17. The zero-order valence-corrected chi connectivity index (χ0v) is 14.9. The summed E-state index contributed by atoms with van der Waals surface area (Å²) < 4.78 is 37.5. The number of nitrogens with zero attached hydrogens (tertiary/aromatic N) is 1. The summed E-state index contributed by atoms with van der Waals surface area (Å²) in [6.07, 6.45) is 1.48. The van der Waals surface area contributed by atoms with E-state index in [-0.39, 0.29) is 16.2 Å². The monoisotopic (exact) mass is 396 g/mol. The maximum Gasteiger partial charge on any atom is 0.238 e. The van der Waals surface area contributed by atoms with Crippen molar-refractivity contribution in [3.05, 3.63) is 70.6 Å². The van der Waals surface area contributed by atoms with Crippen LogP contribution >= 0.6 is 23.2 Å². The van der Waals surface area contributed by atoms with Gasteiger partial charge in [0.15, 0.2) is 0 Å². The van der Waals surface area contributed by atoms with Gasteiger partial charge >= 0.3 is 0 Å². The van der Waals surface area contributed by atoms with E-state index >= 15 is 0 Å². The number of pyridine rings is 1. The maximum atomic E-state index is 14.4. The molecule has 0 aliphatic carbocycles. The minimum Gasteiger partial charge on any atom is -0.255 e. The fourth-order valence-electron chi connectivity index (χ4n) is 2.43. The molecule has 3 rings (SSSR count). The number of nitrogens with two attached hydrogens (primary N) is 1. The van der Waals surface area contributed by atoms with Crippen LogP contribution in [0.4, 0.5) is 4.39 Å². The van der Waals surface area contributed by atoms with E-state index in [1.54, 1.807) is 30.3 Å². The summed E-state index contributed by atoms with van der Waals surface area (Å²) in [7, 11) is -3.98. The molecule has 0 atom stereocenters. The summed E-state index contributed by atoms with van der Waals surface area (Å²) in [5.41, 5.74) is 1.44. The molecule has 128 valence electrons. The molecule has 1 aromatic heterocycles. The number of aromatic nitrogens is 1. The van der Waals surface area contributed by atoms with Gasteiger partial charge in [-0.25, -0.2) is 17.9 Å². The summed E-state index contributed by atoms with van der Waals surface area (Å²) in [6.45, 7) is 0. The number of rotatable bonds is 3. The van der Waals surface area contributed by atoms with Gasteiger partial charge < -0.3 is 0 Å². The SMILES string of the molecule is NS(=O)(=O)c1ccc(F)c(-c2ncccc2-c2cc(Cl)cc(Cl)c2)c1. The largest absolute Gasteiger partial charge is 0.255 e. The van der Waals surface area contributed by atoms with Crippen molar-refractivity contribution < 1.29 is 12.8 Å². The molecule has 0 unspecified atom stereocenters. The predicted octanol–water partition coefficient (Wildman–Crippen LogP) is 4.51. The van der Waals surface area contributed by atoms with Gasteiger partial charge in [0.2, 0.25) is 10.0 Å². The highest BCUT2D eigenvalue weighted by Crippen LogP contribution is 2.35. The van der Waals surface area contributed by atoms with Crippen LogP contribution in [0, 0.1) is 5.82 Å². The fraction of sp³-hybridized carbons (Fsp3) is 0. The molecule has 2 aromatic carbocycles. The lowest BCUT2D eigenvalue weighted by Crippen LogP contribution is -2.12. The quantitative estimate of drug-likeness (QED) is 0.707. The standard InChI is InChI=1S/C17H11Cl2FN2O2S/c18-11-6-10(7-12(19)8-11)14-2-1-5-22-17(14)15-9-13(25(21,23)24)3-4-16(15)20/h1-9H,(H2,21,23,24). The Bertz CT molecular complexity index is 1050. The van der Waals surface area contributed by atoms with Gasteiger partial charge in [0.25, 0.3) is 0 Å². The van der Waals surface area contributed by atoms with Gasteiger partial charge in [0, 0.05) is 27.4 Å². The molecule has 0 aliphatic rings. The van der Waals surface area contributed by atoms with Crippen molar-refractivity contribution in [3.63, 3.8) is 0 Å². The van der Waals surface area contributed by atoms with E-state index in [2.05, 4.69) is 4.98 Å². The average molecular weight is 397 g/mol. The van der Waals surface area contributed by atoms with E-state index < -0.39 is 15.8 Å². The molecule has 0 amide bonds. The summed E-state index contributed by atoms with van der Waals surface area (Å²) in [6, 6.07) is 11.6. The van der Waals surface area contributed by atoms with E-state index in [0.29, 0.717) is 21.2 Å². The molecular weight excluding hydrogens is 386 g/mol. The van der Waals surface area contributed by atoms with Crippen LogP contribution in [0.15, 0.2) is 59.6 Å². The normalized spacial score (nSPS) is 11.5. The maximum absolute atomic E-state index is 14.4. The second kappa shape index (κ2) is 6.72. The molecule has 0 aliphatic heterocycles. The van der Waals surface area contributed by atoms with Crippen molar-refractivity contribution in [2.75, 3.05) is 0 Å². The third-order valence-electron chi connectivity index (χ3n) is 3.50. The predicted molar refractivity (Wildman–Crippen MR) is 96.5 cm³/mol. The molecule has 0 bridgehead atoms. The summed E-state index contributed by atoms with van der Waals surface area (Å²) in [5, 5.41) is 5.96. The van der Waals surface area contributed by atoms with Gasteiger partial charge in [0.1, 0.15) is 5.82 Å². The van der Waals surface area contributed by atoms with Gasteiger partial charge in [-0.2, -0.15) is 0 Å². The molecule has 0 saturated heterocycles. The first-order valence-electron chi connectivity index (χ1n) is 7.00. The first-order chi connectivity index (χ1) is 11.8. The van der Waals surface area contributed by atoms with Crippen LogP contribution < -0.4 is 5.14 Å². The molecule has 0 radical (unpaired) electrons. The highest BCUT2D eigenvalue weighted by atomic mass is 35.5. The highest BCUT2D eigenvalue weighted by molar-refractivity contribution is 7.89. The topological polar surface area (TPSA) is 73.1 Å². The fourth-order valence-corrected chi connectivity index (χ4v) is 3.49. The van der Waals surface area contributed by atoms with Gasteiger partial charge in [-0.15, -0.1) is 0 Å². The zero-order valence-electron chi connectivity index (χ0n) is 12.6. The van der Waals surface area contributed by atoms with Gasteiger partial charge in [-0.3, -0.25) is 4.98 Å². The number of sulfonamides is 1. The Labute approximate surface area is 154 Å². The van der Waals surface area contributed by atoms with E-state index in [9.17, 15) is 12.8 Å². The molecule has 0 fully saturated rings. The van der Waals surface area contributed by atoms with Crippen molar-refractivity contribution in [1.29, 1.82) is 0 Å². The van der Waals surface area contributed by atoms with Crippen molar-refractivity contribution in [2.45, 2.75) is 4.90 Å². The number of hydrogen-bond acceptors (Lipinski definition) is 3. The number of primary sulfonamides is 1. The van der Waals surface area contributed by atoms with E-state index in [1.165, 1.54) is 6.20 Å². The lowest BCUT2D eigenvalue weighted by molar-refractivity contribution is 0.596.